The predicted molar refractivity (Wildman–Crippen MR) is 78.2 cm³/mol. The highest BCUT2D eigenvalue weighted by Crippen LogP contribution is 2.25. The second kappa shape index (κ2) is 5.32. The minimum absolute atomic E-state index is 0.412. The lowest BCUT2D eigenvalue weighted by Gasteiger charge is -2.06. The minimum atomic E-state index is 0.412. The topological polar surface area (TPSA) is 54.5 Å². The Labute approximate surface area is 121 Å². The van der Waals surface area contributed by atoms with Crippen LogP contribution in [0, 0.1) is 11.3 Å². The van der Waals surface area contributed by atoms with E-state index in [-0.39, 0.29) is 0 Å². The molecule has 0 spiro atoms. The van der Waals surface area contributed by atoms with Crippen LogP contribution < -0.4 is 0 Å². The van der Waals surface area contributed by atoms with E-state index in [9.17, 15) is 0 Å². The molecule has 0 N–H and O–H groups in total. The van der Waals surface area contributed by atoms with E-state index in [2.05, 4.69) is 16.0 Å². The van der Waals surface area contributed by atoms with Crippen molar-refractivity contribution >= 4 is 22.8 Å². The van der Waals surface area contributed by atoms with Gasteiger partial charge in [-0.1, -0.05) is 41.9 Å². The van der Waals surface area contributed by atoms with E-state index < -0.39 is 0 Å². The van der Waals surface area contributed by atoms with E-state index in [4.69, 9.17) is 16.9 Å². The zero-order valence-corrected chi connectivity index (χ0v) is 11.4. The van der Waals surface area contributed by atoms with Gasteiger partial charge in [-0.15, -0.1) is 0 Å². The molecule has 0 fully saturated rings. The molecule has 0 bridgehead atoms. The number of benzene rings is 1. The molecule has 0 saturated carbocycles. The standard InChI is InChI=1S/C15H11ClN4/c16-12-9-13-15(18-10-12)20(8-4-7-17)14(19-13)11-5-2-1-3-6-11/h1-3,5-6,9-10H,4,8H2. The zero-order chi connectivity index (χ0) is 13.9. The van der Waals surface area contributed by atoms with Crippen molar-refractivity contribution in [3.05, 3.63) is 47.6 Å². The summed E-state index contributed by atoms with van der Waals surface area (Å²) in [6.07, 6.45) is 2.01. The van der Waals surface area contributed by atoms with E-state index in [1.165, 1.54) is 0 Å². The third kappa shape index (κ3) is 2.24. The van der Waals surface area contributed by atoms with Gasteiger partial charge in [-0.2, -0.15) is 5.26 Å². The summed E-state index contributed by atoms with van der Waals surface area (Å²) in [4.78, 5) is 8.94. The van der Waals surface area contributed by atoms with Gasteiger partial charge in [0.05, 0.1) is 17.5 Å². The molecular weight excluding hydrogens is 272 g/mol. The highest BCUT2D eigenvalue weighted by atomic mass is 35.5. The highest BCUT2D eigenvalue weighted by Gasteiger charge is 2.13. The maximum absolute atomic E-state index is 8.82. The van der Waals surface area contributed by atoms with Crippen molar-refractivity contribution in [2.45, 2.75) is 13.0 Å². The molecule has 3 rings (SSSR count). The maximum Gasteiger partial charge on any atom is 0.160 e. The molecule has 98 valence electrons. The second-order valence-electron chi connectivity index (χ2n) is 4.36. The fraction of sp³-hybridized carbons (Fsp3) is 0.133. The Morgan fingerprint density at radius 2 is 2.05 bits per heavy atom. The van der Waals surface area contributed by atoms with Crippen molar-refractivity contribution in [1.82, 2.24) is 14.5 Å². The van der Waals surface area contributed by atoms with Crippen molar-refractivity contribution in [3.8, 4) is 17.5 Å². The number of rotatable bonds is 3. The van der Waals surface area contributed by atoms with Crippen LogP contribution >= 0.6 is 11.6 Å². The van der Waals surface area contributed by atoms with Gasteiger partial charge in [0.1, 0.15) is 11.3 Å². The van der Waals surface area contributed by atoms with Gasteiger partial charge < -0.3 is 4.57 Å². The van der Waals surface area contributed by atoms with Crippen LogP contribution in [0.3, 0.4) is 0 Å². The Morgan fingerprint density at radius 1 is 1.25 bits per heavy atom. The largest absolute Gasteiger partial charge is 0.308 e. The molecule has 2 heterocycles. The SMILES string of the molecule is N#CCCn1c(-c2ccccc2)nc2cc(Cl)cnc21. The summed E-state index contributed by atoms with van der Waals surface area (Å²) in [5.74, 6) is 0.811. The van der Waals surface area contributed by atoms with E-state index in [1.54, 1.807) is 12.3 Å². The van der Waals surface area contributed by atoms with Crippen molar-refractivity contribution in [2.75, 3.05) is 0 Å². The molecule has 3 aromatic rings. The van der Waals surface area contributed by atoms with Crippen LogP contribution in [0.2, 0.25) is 5.02 Å². The van der Waals surface area contributed by atoms with E-state index in [0.717, 1.165) is 22.6 Å². The molecule has 0 aliphatic rings. The predicted octanol–water partition coefficient (Wildman–Crippen LogP) is 3.67. The number of pyridine rings is 1. The monoisotopic (exact) mass is 282 g/mol. The fourth-order valence-electron chi connectivity index (χ4n) is 2.17. The van der Waals surface area contributed by atoms with Gasteiger partial charge >= 0.3 is 0 Å². The number of fused-ring (bicyclic) bond motifs is 1. The second-order valence-corrected chi connectivity index (χ2v) is 4.79. The third-order valence-electron chi connectivity index (χ3n) is 3.03. The minimum Gasteiger partial charge on any atom is -0.308 e. The fourth-order valence-corrected chi connectivity index (χ4v) is 2.32. The molecule has 1 aromatic carbocycles. The van der Waals surface area contributed by atoms with E-state index in [0.29, 0.717) is 18.0 Å². The van der Waals surface area contributed by atoms with Gasteiger partial charge in [0.2, 0.25) is 0 Å². The molecule has 4 nitrogen and oxygen atoms in total. The molecule has 0 atom stereocenters. The van der Waals surface area contributed by atoms with Crippen LogP contribution in [-0.2, 0) is 6.54 Å². The molecule has 0 saturated heterocycles. The number of nitriles is 1. The Kier molecular flexibility index (Phi) is 3.36. The normalized spacial score (nSPS) is 10.6. The quantitative estimate of drug-likeness (QED) is 0.736. The molecule has 0 aliphatic carbocycles. The van der Waals surface area contributed by atoms with Crippen molar-refractivity contribution in [2.24, 2.45) is 0 Å². The maximum atomic E-state index is 8.82. The Hall–Kier alpha value is -2.38. The lowest BCUT2D eigenvalue weighted by Crippen LogP contribution is -2.01. The number of hydrogen-bond donors (Lipinski definition) is 0. The number of aryl methyl sites for hydroxylation is 1. The number of imidazole rings is 1. The first kappa shape index (κ1) is 12.6. The summed E-state index contributed by atoms with van der Waals surface area (Å²) in [5, 5.41) is 9.37. The summed E-state index contributed by atoms with van der Waals surface area (Å²) in [6.45, 7) is 0.561. The number of hydrogen-bond acceptors (Lipinski definition) is 3. The van der Waals surface area contributed by atoms with Crippen molar-refractivity contribution in [3.63, 3.8) is 0 Å². The molecular formula is C15H11ClN4. The first-order valence-corrected chi connectivity index (χ1v) is 6.61. The van der Waals surface area contributed by atoms with Gasteiger partial charge in [-0.3, -0.25) is 0 Å². The molecule has 0 aliphatic heterocycles. The Morgan fingerprint density at radius 3 is 2.80 bits per heavy atom. The van der Waals surface area contributed by atoms with Crippen LogP contribution in [0.4, 0.5) is 0 Å². The van der Waals surface area contributed by atoms with Gasteiger partial charge in [0, 0.05) is 18.3 Å². The van der Waals surface area contributed by atoms with E-state index in [1.807, 2.05) is 34.9 Å². The number of aromatic nitrogens is 3. The summed E-state index contributed by atoms with van der Waals surface area (Å²) in [5.41, 5.74) is 2.50. The smallest absolute Gasteiger partial charge is 0.160 e. The third-order valence-corrected chi connectivity index (χ3v) is 3.24. The first-order chi connectivity index (χ1) is 9.79. The van der Waals surface area contributed by atoms with Crippen LogP contribution in [0.25, 0.3) is 22.6 Å². The van der Waals surface area contributed by atoms with Crippen LogP contribution in [0.5, 0.6) is 0 Å². The number of halogens is 1. The lowest BCUT2D eigenvalue weighted by atomic mass is 10.2. The molecule has 5 heteroatoms. The van der Waals surface area contributed by atoms with Crippen LogP contribution in [0.1, 0.15) is 6.42 Å². The first-order valence-electron chi connectivity index (χ1n) is 6.24. The molecule has 2 aromatic heterocycles. The average molecular weight is 283 g/mol. The van der Waals surface area contributed by atoms with Gasteiger partial charge in [-0.05, 0) is 6.07 Å². The highest BCUT2D eigenvalue weighted by molar-refractivity contribution is 6.31. The van der Waals surface area contributed by atoms with Crippen molar-refractivity contribution < 1.29 is 0 Å². The zero-order valence-electron chi connectivity index (χ0n) is 10.6. The van der Waals surface area contributed by atoms with E-state index >= 15 is 0 Å². The summed E-state index contributed by atoms with van der Waals surface area (Å²) < 4.78 is 1.96. The summed E-state index contributed by atoms with van der Waals surface area (Å²) in [7, 11) is 0. The van der Waals surface area contributed by atoms with Gasteiger partial charge in [0.25, 0.3) is 0 Å². The Bertz CT molecular complexity index is 787. The molecule has 0 radical (unpaired) electrons. The lowest BCUT2D eigenvalue weighted by molar-refractivity contribution is 0.737. The molecule has 0 amide bonds. The van der Waals surface area contributed by atoms with Crippen molar-refractivity contribution in [1.29, 1.82) is 5.26 Å². The summed E-state index contributed by atoms with van der Waals surface area (Å²) >= 11 is 5.97. The summed E-state index contributed by atoms with van der Waals surface area (Å²) in [6, 6.07) is 13.8. The van der Waals surface area contributed by atoms with Gasteiger partial charge in [0.15, 0.2) is 5.65 Å². The molecule has 0 unspecified atom stereocenters. The number of nitrogens with zero attached hydrogens (tertiary/aromatic N) is 4. The Balaban J connectivity index is 2.22. The van der Waals surface area contributed by atoms with Gasteiger partial charge in [-0.25, -0.2) is 9.97 Å². The average Bonchev–Trinajstić information content (AvgIpc) is 2.83. The molecule has 20 heavy (non-hydrogen) atoms. The van der Waals surface area contributed by atoms with Crippen LogP contribution in [0.15, 0.2) is 42.6 Å². The van der Waals surface area contributed by atoms with Crippen LogP contribution in [-0.4, -0.2) is 14.5 Å².